The molecule has 25 heavy (non-hydrogen) atoms. The molecule has 4 heteroatoms. The lowest BCUT2D eigenvalue weighted by Crippen LogP contribution is -2.56. The predicted molar refractivity (Wildman–Crippen MR) is 98.7 cm³/mol. The molecule has 0 radical (unpaired) electrons. The first-order valence-electron chi connectivity index (χ1n) is 8.99. The van der Waals surface area contributed by atoms with Gasteiger partial charge in [-0.25, -0.2) is 4.79 Å². The molecule has 2 aromatic carbocycles. The lowest BCUT2D eigenvalue weighted by Gasteiger charge is -2.35. The number of carbonyl (C=O) groups excluding carboxylic acids is 1. The fraction of sp³-hybridized carbons (Fsp3) is 0.381. The minimum atomic E-state index is -0.206. The SMILES string of the molecule is C[C@@H]1CN(C(=O)OCC2c3ccccc3-c3ccccc32)C[C@@H](C)N1. The molecule has 1 N–H and O–H groups in total. The normalized spacial score (nSPS) is 22.4. The van der Waals surface area contributed by atoms with Crippen LogP contribution in [0.5, 0.6) is 0 Å². The average molecular weight is 336 g/mol. The van der Waals surface area contributed by atoms with Gasteiger partial charge in [-0.3, -0.25) is 0 Å². The Kier molecular flexibility index (Phi) is 4.22. The summed E-state index contributed by atoms with van der Waals surface area (Å²) in [5, 5.41) is 3.44. The van der Waals surface area contributed by atoms with Crippen LogP contribution >= 0.6 is 0 Å². The van der Waals surface area contributed by atoms with E-state index in [-0.39, 0.29) is 12.0 Å². The third kappa shape index (κ3) is 3.02. The Balaban J connectivity index is 1.50. The zero-order chi connectivity index (χ0) is 17.4. The number of fused-ring (bicyclic) bond motifs is 3. The highest BCUT2D eigenvalue weighted by Gasteiger charge is 2.31. The van der Waals surface area contributed by atoms with E-state index in [0.29, 0.717) is 31.8 Å². The first kappa shape index (κ1) is 16.2. The Hall–Kier alpha value is -2.33. The fourth-order valence-electron chi connectivity index (χ4n) is 4.16. The zero-order valence-electron chi connectivity index (χ0n) is 14.7. The van der Waals surface area contributed by atoms with Crippen molar-refractivity contribution in [2.24, 2.45) is 0 Å². The molecule has 2 aliphatic rings. The summed E-state index contributed by atoms with van der Waals surface area (Å²) in [6, 6.07) is 17.4. The van der Waals surface area contributed by atoms with Crippen molar-refractivity contribution < 1.29 is 9.53 Å². The van der Waals surface area contributed by atoms with E-state index < -0.39 is 0 Å². The number of rotatable bonds is 2. The van der Waals surface area contributed by atoms with Crippen molar-refractivity contribution in [1.29, 1.82) is 0 Å². The molecule has 4 nitrogen and oxygen atoms in total. The van der Waals surface area contributed by atoms with Crippen molar-refractivity contribution in [3.05, 3.63) is 59.7 Å². The Morgan fingerprint density at radius 2 is 1.52 bits per heavy atom. The summed E-state index contributed by atoms with van der Waals surface area (Å²) in [6.07, 6.45) is -0.206. The quantitative estimate of drug-likeness (QED) is 0.911. The van der Waals surface area contributed by atoms with E-state index >= 15 is 0 Å². The third-order valence-electron chi connectivity index (χ3n) is 5.15. The van der Waals surface area contributed by atoms with Crippen LogP contribution in [0.3, 0.4) is 0 Å². The second kappa shape index (κ2) is 6.52. The van der Waals surface area contributed by atoms with Gasteiger partial charge in [-0.1, -0.05) is 48.5 Å². The van der Waals surface area contributed by atoms with Crippen molar-refractivity contribution >= 4 is 6.09 Å². The van der Waals surface area contributed by atoms with Crippen LogP contribution in [0.2, 0.25) is 0 Å². The van der Waals surface area contributed by atoms with E-state index in [1.165, 1.54) is 22.3 Å². The number of nitrogens with one attached hydrogen (secondary N) is 1. The van der Waals surface area contributed by atoms with Crippen molar-refractivity contribution in [2.75, 3.05) is 19.7 Å². The van der Waals surface area contributed by atoms with Crippen LogP contribution in [0.25, 0.3) is 11.1 Å². The van der Waals surface area contributed by atoms with E-state index in [9.17, 15) is 4.79 Å². The molecule has 2 aromatic rings. The van der Waals surface area contributed by atoms with E-state index in [4.69, 9.17) is 4.74 Å². The smallest absolute Gasteiger partial charge is 0.409 e. The predicted octanol–water partition coefficient (Wildman–Crippen LogP) is 3.62. The number of piperazine rings is 1. The van der Waals surface area contributed by atoms with Crippen LogP contribution in [-0.4, -0.2) is 42.8 Å². The van der Waals surface area contributed by atoms with E-state index in [1.54, 1.807) is 0 Å². The highest BCUT2D eigenvalue weighted by Crippen LogP contribution is 2.44. The summed E-state index contributed by atoms with van der Waals surface area (Å²) in [4.78, 5) is 14.4. The third-order valence-corrected chi connectivity index (χ3v) is 5.15. The van der Waals surface area contributed by atoms with Gasteiger partial charge in [-0.05, 0) is 36.1 Å². The Labute approximate surface area is 148 Å². The van der Waals surface area contributed by atoms with Crippen LogP contribution < -0.4 is 5.32 Å². The number of hydrogen-bond acceptors (Lipinski definition) is 3. The molecule has 1 saturated heterocycles. The number of carbonyl (C=O) groups is 1. The van der Waals surface area contributed by atoms with Crippen molar-refractivity contribution in [3.8, 4) is 11.1 Å². The topological polar surface area (TPSA) is 41.6 Å². The van der Waals surface area contributed by atoms with E-state index in [0.717, 1.165) is 0 Å². The lowest BCUT2D eigenvalue weighted by atomic mass is 9.98. The maximum atomic E-state index is 12.5. The van der Waals surface area contributed by atoms with Gasteiger partial charge in [-0.15, -0.1) is 0 Å². The van der Waals surface area contributed by atoms with Gasteiger partial charge >= 0.3 is 6.09 Å². The number of amides is 1. The number of benzene rings is 2. The van der Waals surface area contributed by atoms with E-state index in [1.807, 2.05) is 4.90 Å². The summed E-state index contributed by atoms with van der Waals surface area (Å²) >= 11 is 0. The van der Waals surface area contributed by atoms with Gasteiger partial charge in [0.15, 0.2) is 0 Å². The highest BCUT2D eigenvalue weighted by atomic mass is 16.6. The lowest BCUT2D eigenvalue weighted by molar-refractivity contribution is 0.0823. The van der Waals surface area contributed by atoms with Crippen molar-refractivity contribution in [1.82, 2.24) is 10.2 Å². The number of nitrogens with zero attached hydrogens (tertiary/aromatic N) is 1. The highest BCUT2D eigenvalue weighted by molar-refractivity contribution is 5.79. The van der Waals surface area contributed by atoms with Gasteiger partial charge in [0.25, 0.3) is 0 Å². The summed E-state index contributed by atoms with van der Waals surface area (Å²) in [6.45, 7) is 5.97. The first-order valence-corrected chi connectivity index (χ1v) is 8.99. The van der Waals surface area contributed by atoms with Gasteiger partial charge in [-0.2, -0.15) is 0 Å². The monoisotopic (exact) mass is 336 g/mol. The van der Waals surface area contributed by atoms with Crippen LogP contribution in [0.4, 0.5) is 4.79 Å². The molecule has 0 unspecified atom stereocenters. The van der Waals surface area contributed by atoms with Crippen LogP contribution in [0.1, 0.15) is 30.9 Å². The zero-order valence-corrected chi connectivity index (χ0v) is 14.7. The average Bonchev–Trinajstić information content (AvgIpc) is 2.93. The van der Waals surface area contributed by atoms with Gasteiger partial charge in [0.2, 0.25) is 0 Å². The van der Waals surface area contributed by atoms with Gasteiger partial charge in [0.1, 0.15) is 6.61 Å². The van der Waals surface area contributed by atoms with Crippen molar-refractivity contribution in [3.63, 3.8) is 0 Å². The molecule has 0 aromatic heterocycles. The Morgan fingerprint density at radius 1 is 1.00 bits per heavy atom. The maximum absolute atomic E-state index is 12.5. The molecule has 4 rings (SSSR count). The summed E-state index contributed by atoms with van der Waals surface area (Å²) in [5.74, 6) is 0.120. The second-order valence-corrected chi connectivity index (χ2v) is 7.18. The molecular formula is C21H24N2O2. The Bertz CT molecular complexity index is 733. The van der Waals surface area contributed by atoms with Crippen LogP contribution in [0, 0.1) is 0 Å². The fourth-order valence-corrected chi connectivity index (χ4v) is 4.16. The second-order valence-electron chi connectivity index (χ2n) is 7.18. The van der Waals surface area contributed by atoms with Gasteiger partial charge in [0.05, 0.1) is 0 Å². The first-order chi connectivity index (χ1) is 12.1. The molecule has 2 atom stereocenters. The summed E-state index contributed by atoms with van der Waals surface area (Å²) in [7, 11) is 0. The number of hydrogen-bond donors (Lipinski definition) is 1. The van der Waals surface area contributed by atoms with Crippen molar-refractivity contribution in [2.45, 2.75) is 31.8 Å². The molecule has 0 bridgehead atoms. The van der Waals surface area contributed by atoms with Gasteiger partial charge < -0.3 is 15.0 Å². The molecule has 130 valence electrons. The molecule has 1 aliphatic heterocycles. The standard InChI is InChI=1S/C21H24N2O2/c1-14-11-23(12-15(2)22-14)21(24)25-13-20-18-9-5-3-7-16(18)17-8-4-6-10-19(17)20/h3-10,14-15,20,22H,11-13H2,1-2H3/t14-,15-/m1/s1. The molecule has 0 spiro atoms. The van der Waals surface area contributed by atoms with Crippen LogP contribution in [-0.2, 0) is 4.74 Å². The maximum Gasteiger partial charge on any atom is 0.409 e. The number of ether oxygens (including phenoxy) is 1. The van der Waals surface area contributed by atoms with Gasteiger partial charge in [0, 0.05) is 31.1 Å². The molecule has 1 aliphatic carbocycles. The summed E-state index contributed by atoms with van der Waals surface area (Å²) in [5.41, 5.74) is 5.00. The molecule has 0 saturated carbocycles. The van der Waals surface area contributed by atoms with Crippen LogP contribution in [0.15, 0.2) is 48.5 Å². The molecule has 1 fully saturated rings. The minimum absolute atomic E-state index is 0.120. The largest absolute Gasteiger partial charge is 0.448 e. The molecule has 1 amide bonds. The molecular weight excluding hydrogens is 312 g/mol. The molecule has 1 heterocycles. The Morgan fingerprint density at radius 3 is 2.08 bits per heavy atom. The minimum Gasteiger partial charge on any atom is -0.448 e. The van der Waals surface area contributed by atoms with E-state index in [2.05, 4.69) is 67.7 Å². The summed E-state index contributed by atoms with van der Waals surface area (Å²) < 4.78 is 5.74.